The zero-order valence-electron chi connectivity index (χ0n) is 21.9. The molecule has 1 heterocycles. The first-order valence-corrected chi connectivity index (χ1v) is 14.2. The maximum Gasteiger partial charge on any atom is 0.238 e. The Kier molecular flexibility index (Phi) is 6.66. The number of benzene rings is 2. The van der Waals surface area contributed by atoms with E-state index in [0.29, 0.717) is 24.1 Å². The number of carbonyl (C=O) groups is 1. The smallest absolute Gasteiger partial charge is 0.238 e. The summed E-state index contributed by atoms with van der Waals surface area (Å²) in [7, 11) is 0. The van der Waals surface area contributed by atoms with Gasteiger partial charge in [-0.1, -0.05) is 19.4 Å². The van der Waals surface area contributed by atoms with Gasteiger partial charge in [-0.2, -0.15) is 0 Å². The highest BCUT2D eigenvalue weighted by Gasteiger charge is 2.58. The minimum Gasteiger partial charge on any atom is -0.508 e. The van der Waals surface area contributed by atoms with E-state index in [4.69, 9.17) is 4.74 Å². The number of phenolic OH excluding ortho intramolecular Hbond substituents is 1. The van der Waals surface area contributed by atoms with E-state index < -0.39 is 0 Å². The van der Waals surface area contributed by atoms with Crippen LogP contribution >= 0.6 is 0 Å². The number of nitrogens with zero attached hydrogens (tertiary/aromatic N) is 1. The van der Waals surface area contributed by atoms with Crippen molar-refractivity contribution in [2.75, 3.05) is 25.0 Å². The molecule has 0 unspecified atom stereocenters. The average Bonchev–Trinajstić information content (AvgIpc) is 3.19. The molecule has 0 radical (unpaired) electrons. The van der Waals surface area contributed by atoms with Crippen LogP contribution in [0.5, 0.6) is 11.5 Å². The van der Waals surface area contributed by atoms with Gasteiger partial charge in [-0.25, -0.2) is 0 Å². The number of piperidine rings is 1. The van der Waals surface area contributed by atoms with E-state index in [1.54, 1.807) is 6.07 Å². The zero-order chi connectivity index (χ0) is 25.6. The van der Waals surface area contributed by atoms with Gasteiger partial charge in [0.05, 0.1) is 12.6 Å². The molecule has 0 spiro atoms. The van der Waals surface area contributed by atoms with E-state index in [9.17, 15) is 15.0 Å². The standard InChI is InChI=1S/C31H40N2O4/c1-31-18-27(37-23-9-6-21(7-10-23)32-29(36)19-33-15-3-2-4-16-33)30-24-12-8-22(34)17-20(24)5-11-25(30)26(31)13-14-28(31)35/h6-10,12,17,25-28,30,34-35H,2-5,11,13-16,18-19H2,1H3,(H,32,36)/t25-,26-,27-,28-,30+,31-/m0/s1. The Labute approximate surface area is 220 Å². The second-order valence-electron chi connectivity index (χ2n) is 12.1. The number of fused-ring (bicyclic) bond motifs is 5. The number of nitrogens with one attached hydrogen (secondary N) is 1. The van der Waals surface area contributed by atoms with Gasteiger partial charge in [0.2, 0.25) is 5.91 Å². The maximum atomic E-state index is 12.5. The first-order chi connectivity index (χ1) is 17.9. The molecule has 2 aromatic carbocycles. The van der Waals surface area contributed by atoms with Crippen molar-refractivity contribution in [2.24, 2.45) is 17.3 Å². The average molecular weight is 505 g/mol. The van der Waals surface area contributed by atoms with E-state index in [0.717, 1.165) is 56.6 Å². The van der Waals surface area contributed by atoms with Gasteiger partial charge >= 0.3 is 0 Å². The number of carbonyl (C=O) groups excluding carboxylic acids is 1. The van der Waals surface area contributed by atoms with Crippen molar-refractivity contribution in [3.63, 3.8) is 0 Å². The van der Waals surface area contributed by atoms with Gasteiger partial charge in [-0.05, 0) is 117 Å². The van der Waals surface area contributed by atoms with E-state index in [2.05, 4.69) is 23.2 Å². The largest absolute Gasteiger partial charge is 0.508 e. The third kappa shape index (κ3) is 4.74. The molecule has 1 saturated heterocycles. The van der Waals surface area contributed by atoms with Gasteiger partial charge in [0.25, 0.3) is 0 Å². The summed E-state index contributed by atoms with van der Waals surface area (Å²) in [6.45, 7) is 4.71. The summed E-state index contributed by atoms with van der Waals surface area (Å²) in [5.74, 6) is 2.35. The third-order valence-electron chi connectivity index (χ3n) is 9.85. The van der Waals surface area contributed by atoms with Gasteiger partial charge in [0, 0.05) is 17.0 Å². The lowest BCUT2D eigenvalue weighted by molar-refractivity contribution is -0.117. The molecule has 198 valence electrons. The van der Waals surface area contributed by atoms with Crippen molar-refractivity contribution < 1.29 is 19.7 Å². The summed E-state index contributed by atoms with van der Waals surface area (Å²) < 4.78 is 6.72. The topological polar surface area (TPSA) is 82.0 Å². The van der Waals surface area contributed by atoms with Crippen molar-refractivity contribution in [3.05, 3.63) is 53.6 Å². The van der Waals surface area contributed by atoms with Crippen LogP contribution in [0.2, 0.25) is 0 Å². The number of aryl methyl sites for hydroxylation is 1. The molecule has 6 nitrogen and oxygen atoms in total. The molecule has 2 saturated carbocycles. The van der Waals surface area contributed by atoms with Crippen molar-refractivity contribution >= 4 is 11.6 Å². The van der Waals surface area contributed by atoms with Gasteiger partial charge in [-0.15, -0.1) is 0 Å². The number of amides is 1. The van der Waals surface area contributed by atoms with Crippen LogP contribution in [-0.2, 0) is 11.2 Å². The molecule has 0 bridgehead atoms. The number of aliphatic hydroxyl groups excluding tert-OH is 1. The maximum absolute atomic E-state index is 12.5. The van der Waals surface area contributed by atoms with E-state index in [-0.39, 0.29) is 29.4 Å². The summed E-state index contributed by atoms with van der Waals surface area (Å²) in [5, 5.41) is 24.1. The molecule has 1 aliphatic heterocycles. The molecule has 2 aromatic rings. The number of hydrogen-bond donors (Lipinski definition) is 3. The van der Waals surface area contributed by atoms with E-state index in [1.165, 1.54) is 30.4 Å². The number of phenols is 1. The van der Waals surface area contributed by atoms with Crippen molar-refractivity contribution in [1.82, 2.24) is 4.90 Å². The van der Waals surface area contributed by atoms with Crippen molar-refractivity contribution in [1.29, 1.82) is 0 Å². The Bertz CT molecular complexity index is 1130. The number of likely N-dealkylation sites (tertiary alicyclic amines) is 1. The highest BCUT2D eigenvalue weighted by Crippen LogP contribution is 2.61. The fourth-order valence-corrected chi connectivity index (χ4v) is 8.02. The molecular formula is C31H40N2O4. The normalized spacial score (nSPS) is 33.2. The van der Waals surface area contributed by atoms with Crippen molar-refractivity contribution in [3.8, 4) is 11.5 Å². The predicted octanol–water partition coefficient (Wildman–Crippen LogP) is 5.09. The molecule has 0 aromatic heterocycles. The summed E-state index contributed by atoms with van der Waals surface area (Å²) in [6, 6.07) is 13.6. The number of aliphatic hydroxyl groups is 1. The quantitative estimate of drug-likeness (QED) is 0.528. The number of hydrogen-bond acceptors (Lipinski definition) is 5. The van der Waals surface area contributed by atoms with Crippen LogP contribution in [0.25, 0.3) is 0 Å². The number of anilines is 1. The Morgan fingerprint density at radius 2 is 1.86 bits per heavy atom. The monoisotopic (exact) mass is 504 g/mol. The van der Waals surface area contributed by atoms with Crippen molar-refractivity contribution in [2.45, 2.75) is 76.4 Å². The molecule has 1 amide bonds. The number of aromatic hydroxyl groups is 1. The SMILES string of the molecule is C[C@]12C[C@H](Oc3ccc(NC(=O)CN4CCCCC4)cc3)[C@@H]3c4ccc(O)cc4CC[C@H]3[C@@H]1CC[C@@H]2O. The van der Waals surface area contributed by atoms with Gasteiger partial charge in [0.15, 0.2) is 0 Å². The molecule has 3 fully saturated rings. The van der Waals surface area contributed by atoms with Crippen LogP contribution in [0, 0.1) is 17.3 Å². The van der Waals surface area contributed by atoms with Crippen LogP contribution in [0.1, 0.15) is 68.9 Å². The fourth-order valence-electron chi connectivity index (χ4n) is 8.02. The lowest BCUT2D eigenvalue weighted by Crippen LogP contribution is -2.51. The minimum atomic E-state index is -0.289. The van der Waals surface area contributed by atoms with Gasteiger partial charge < -0.3 is 20.3 Å². The number of ether oxygens (including phenoxy) is 1. The van der Waals surface area contributed by atoms with E-state index >= 15 is 0 Å². The Balaban J connectivity index is 1.20. The second-order valence-corrected chi connectivity index (χ2v) is 12.1. The summed E-state index contributed by atoms with van der Waals surface area (Å²) in [5.41, 5.74) is 3.17. The summed E-state index contributed by atoms with van der Waals surface area (Å²) >= 11 is 0. The third-order valence-corrected chi connectivity index (χ3v) is 9.85. The molecular weight excluding hydrogens is 464 g/mol. The summed E-state index contributed by atoms with van der Waals surface area (Å²) in [4.78, 5) is 14.8. The first kappa shape index (κ1) is 24.7. The van der Waals surface area contributed by atoms with E-state index in [1.807, 2.05) is 30.3 Å². The van der Waals surface area contributed by atoms with Crippen LogP contribution in [0.4, 0.5) is 5.69 Å². The van der Waals surface area contributed by atoms with Gasteiger partial charge in [-0.3, -0.25) is 9.69 Å². The summed E-state index contributed by atoms with van der Waals surface area (Å²) in [6.07, 6.45) is 8.04. The highest BCUT2D eigenvalue weighted by atomic mass is 16.5. The van der Waals surface area contributed by atoms with Crippen LogP contribution in [-0.4, -0.2) is 52.9 Å². The minimum absolute atomic E-state index is 0.0296. The zero-order valence-corrected chi connectivity index (χ0v) is 21.9. The predicted molar refractivity (Wildman–Crippen MR) is 144 cm³/mol. The molecule has 6 rings (SSSR count). The molecule has 3 N–H and O–H groups in total. The van der Waals surface area contributed by atoms with Crippen LogP contribution in [0.15, 0.2) is 42.5 Å². The Morgan fingerprint density at radius 1 is 1.08 bits per heavy atom. The van der Waals surface area contributed by atoms with Crippen LogP contribution in [0.3, 0.4) is 0 Å². The Morgan fingerprint density at radius 3 is 2.65 bits per heavy atom. The second kappa shape index (κ2) is 9.95. The molecule has 37 heavy (non-hydrogen) atoms. The van der Waals surface area contributed by atoms with Gasteiger partial charge in [0.1, 0.15) is 17.6 Å². The van der Waals surface area contributed by atoms with Crippen LogP contribution < -0.4 is 10.1 Å². The number of rotatable bonds is 5. The lowest BCUT2D eigenvalue weighted by Gasteiger charge is -2.53. The molecule has 6 atom stereocenters. The lowest BCUT2D eigenvalue weighted by atomic mass is 9.54. The molecule has 6 heteroatoms. The molecule has 4 aliphatic rings. The fraction of sp³-hybridized carbons (Fsp3) is 0.581. The Hall–Kier alpha value is -2.57. The first-order valence-electron chi connectivity index (χ1n) is 14.2. The molecule has 3 aliphatic carbocycles. The highest BCUT2D eigenvalue weighted by molar-refractivity contribution is 5.92.